The molecule has 1 N–H and O–H groups in total. The first-order valence-corrected chi connectivity index (χ1v) is 4.10. The van der Waals surface area contributed by atoms with Gasteiger partial charge in [0, 0.05) is 24.1 Å². The van der Waals surface area contributed by atoms with Gasteiger partial charge in [-0.25, -0.2) is 4.98 Å². The van der Waals surface area contributed by atoms with E-state index >= 15 is 0 Å². The molecule has 1 heterocycles. The highest BCUT2D eigenvalue weighted by Gasteiger charge is 1.90. The number of hydrogen-bond donors (Lipinski definition) is 1. The molecule has 50 valence electrons. The molecule has 0 saturated carbocycles. The van der Waals surface area contributed by atoms with Gasteiger partial charge in [-0.1, -0.05) is 15.9 Å². The van der Waals surface area contributed by atoms with Gasteiger partial charge in [0.05, 0.1) is 0 Å². The summed E-state index contributed by atoms with van der Waals surface area (Å²) in [5.41, 5.74) is 0. The average Bonchev–Trinajstić information content (AvgIpc) is 2.34. The number of halogens is 1. The Balaban J connectivity index is 2.30. The van der Waals surface area contributed by atoms with Gasteiger partial charge in [-0.3, -0.25) is 0 Å². The predicted molar refractivity (Wildman–Crippen MR) is 40.7 cm³/mol. The van der Waals surface area contributed by atoms with Crippen LogP contribution in [0.4, 0.5) is 0 Å². The number of H-pyrrole nitrogens is 1. The van der Waals surface area contributed by atoms with E-state index in [0.29, 0.717) is 0 Å². The SMILES string of the molecule is BrCCCc1ncc[nH]1. The van der Waals surface area contributed by atoms with Crippen LogP contribution in [-0.4, -0.2) is 15.3 Å². The fourth-order valence-electron chi connectivity index (χ4n) is 0.669. The van der Waals surface area contributed by atoms with Crippen molar-refractivity contribution in [1.82, 2.24) is 9.97 Å². The summed E-state index contributed by atoms with van der Waals surface area (Å²) in [6, 6.07) is 0. The molecule has 0 aliphatic heterocycles. The third kappa shape index (κ3) is 2.18. The topological polar surface area (TPSA) is 28.7 Å². The van der Waals surface area contributed by atoms with Gasteiger partial charge in [-0.15, -0.1) is 0 Å². The van der Waals surface area contributed by atoms with Gasteiger partial charge in [0.2, 0.25) is 0 Å². The third-order valence-corrected chi connectivity index (χ3v) is 1.66. The van der Waals surface area contributed by atoms with E-state index in [4.69, 9.17) is 0 Å². The quantitative estimate of drug-likeness (QED) is 0.720. The Labute approximate surface area is 62.8 Å². The second-order valence-corrected chi connectivity index (χ2v) is 2.62. The molecule has 0 fully saturated rings. The molecule has 0 amide bonds. The Morgan fingerprint density at radius 2 is 2.56 bits per heavy atom. The summed E-state index contributed by atoms with van der Waals surface area (Å²) in [5, 5.41) is 1.05. The van der Waals surface area contributed by atoms with E-state index in [1.54, 1.807) is 6.20 Å². The summed E-state index contributed by atoms with van der Waals surface area (Å²) < 4.78 is 0. The van der Waals surface area contributed by atoms with Crippen LogP contribution in [-0.2, 0) is 6.42 Å². The highest BCUT2D eigenvalue weighted by molar-refractivity contribution is 9.09. The number of aromatic amines is 1. The van der Waals surface area contributed by atoms with E-state index in [1.807, 2.05) is 6.20 Å². The largest absolute Gasteiger partial charge is 0.349 e. The molecule has 0 bridgehead atoms. The second kappa shape index (κ2) is 3.67. The summed E-state index contributed by atoms with van der Waals surface area (Å²) >= 11 is 3.35. The number of nitrogens with zero attached hydrogens (tertiary/aromatic N) is 1. The van der Waals surface area contributed by atoms with Crippen molar-refractivity contribution in [3.8, 4) is 0 Å². The summed E-state index contributed by atoms with van der Waals surface area (Å²) in [5.74, 6) is 1.08. The van der Waals surface area contributed by atoms with E-state index in [2.05, 4.69) is 25.9 Å². The minimum absolute atomic E-state index is 1.04. The lowest BCUT2D eigenvalue weighted by Gasteiger charge is -1.89. The lowest BCUT2D eigenvalue weighted by atomic mass is 10.3. The van der Waals surface area contributed by atoms with Crippen molar-refractivity contribution < 1.29 is 0 Å². The number of nitrogens with one attached hydrogen (secondary N) is 1. The van der Waals surface area contributed by atoms with Gasteiger partial charge < -0.3 is 4.98 Å². The summed E-state index contributed by atoms with van der Waals surface area (Å²) in [4.78, 5) is 7.12. The molecule has 0 aliphatic carbocycles. The normalized spacial score (nSPS) is 9.89. The van der Waals surface area contributed by atoms with Crippen molar-refractivity contribution in [1.29, 1.82) is 0 Å². The van der Waals surface area contributed by atoms with Crippen molar-refractivity contribution in [3.63, 3.8) is 0 Å². The number of aromatic nitrogens is 2. The highest BCUT2D eigenvalue weighted by atomic mass is 79.9. The van der Waals surface area contributed by atoms with Gasteiger partial charge in [0.15, 0.2) is 0 Å². The Morgan fingerprint density at radius 1 is 1.67 bits per heavy atom. The molecule has 0 aliphatic rings. The lowest BCUT2D eigenvalue weighted by Crippen LogP contribution is -1.87. The Kier molecular flexibility index (Phi) is 2.77. The predicted octanol–water partition coefficient (Wildman–Crippen LogP) is 1.74. The van der Waals surface area contributed by atoms with Crippen molar-refractivity contribution >= 4 is 15.9 Å². The maximum Gasteiger partial charge on any atom is 0.106 e. The lowest BCUT2D eigenvalue weighted by molar-refractivity contribution is 0.869. The van der Waals surface area contributed by atoms with E-state index in [1.165, 1.54) is 0 Å². The van der Waals surface area contributed by atoms with Crippen LogP contribution in [0.1, 0.15) is 12.2 Å². The third-order valence-electron chi connectivity index (χ3n) is 1.10. The fraction of sp³-hybridized carbons (Fsp3) is 0.500. The molecule has 0 aromatic carbocycles. The number of hydrogen-bond acceptors (Lipinski definition) is 1. The molecule has 0 radical (unpaired) electrons. The monoisotopic (exact) mass is 188 g/mol. The van der Waals surface area contributed by atoms with Crippen LogP contribution in [0, 0.1) is 0 Å². The van der Waals surface area contributed by atoms with Gasteiger partial charge in [-0.2, -0.15) is 0 Å². The molecule has 1 aromatic heterocycles. The van der Waals surface area contributed by atoms with Crippen LogP contribution >= 0.6 is 15.9 Å². The summed E-state index contributed by atoms with van der Waals surface area (Å²) in [6.07, 6.45) is 5.82. The minimum Gasteiger partial charge on any atom is -0.349 e. The maximum atomic E-state index is 4.08. The zero-order valence-corrected chi connectivity index (χ0v) is 6.69. The van der Waals surface area contributed by atoms with Crippen LogP contribution in [0.3, 0.4) is 0 Å². The van der Waals surface area contributed by atoms with Gasteiger partial charge >= 0.3 is 0 Å². The first kappa shape index (κ1) is 6.81. The molecular weight excluding hydrogens is 180 g/mol. The number of alkyl halides is 1. The number of rotatable bonds is 3. The fourth-order valence-corrected chi connectivity index (χ4v) is 0.949. The van der Waals surface area contributed by atoms with Gasteiger partial charge in [0.1, 0.15) is 5.82 Å². The molecule has 0 spiro atoms. The molecule has 1 aromatic rings. The molecule has 1 rings (SSSR count). The Hall–Kier alpha value is -0.310. The van der Waals surface area contributed by atoms with Crippen LogP contribution in [0.25, 0.3) is 0 Å². The zero-order valence-electron chi connectivity index (χ0n) is 5.10. The van der Waals surface area contributed by atoms with Crippen LogP contribution < -0.4 is 0 Å². The van der Waals surface area contributed by atoms with Crippen molar-refractivity contribution in [2.45, 2.75) is 12.8 Å². The van der Waals surface area contributed by atoms with E-state index in [0.717, 1.165) is 24.0 Å². The van der Waals surface area contributed by atoms with Gasteiger partial charge in [-0.05, 0) is 6.42 Å². The molecule has 9 heavy (non-hydrogen) atoms. The Morgan fingerprint density at radius 3 is 3.11 bits per heavy atom. The molecule has 3 heteroatoms. The number of aryl methyl sites for hydroxylation is 1. The molecule has 2 nitrogen and oxygen atoms in total. The van der Waals surface area contributed by atoms with Gasteiger partial charge in [0.25, 0.3) is 0 Å². The smallest absolute Gasteiger partial charge is 0.106 e. The molecule has 0 atom stereocenters. The van der Waals surface area contributed by atoms with E-state index in [9.17, 15) is 0 Å². The minimum atomic E-state index is 1.04. The summed E-state index contributed by atoms with van der Waals surface area (Å²) in [7, 11) is 0. The summed E-state index contributed by atoms with van der Waals surface area (Å²) in [6.45, 7) is 0. The second-order valence-electron chi connectivity index (χ2n) is 1.83. The van der Waals surface area contributed by atoms with E-state index in [-0.39, 0.29) is 0 Å². The maximum absolute atomic E-state index is 4.08. The molecule has 0 unspecified atom stereocenters. The van der Waals surface area contributed by atoms with Crippen molar-refractivity contribution in [2.75, 3.05) is 5.33 Å². The average molecular weight is 189 g/mol. The first-order valence-electron chi connectivity index (χ1n) is 2.97. The van der Waals surface area contributed by atoms with Crippen LogP contribution in [0.15, 0.2) is 12.4 Å². The molecular formula is C6H9BrN2. The first-order chi connectivity index (χ1) is 4.43. The standard InChI is InChI=1S/C6H9BrN2/c7-3-1-2-6-8-4-5-9-6/h4-5H,1-3H2,(H,8,9). The Bertz CT molecular complexity index is 148. The van der Waals surface area contributed by atoms with Crippen molar-refractivity contribution in [2.24, 2.45) is 0 Å². The van der Waals surface area contributed by atoms with E-state index < -0.39 is 0 Å². The highest BCUT2D eigenvalue weighted by Crippen LogP contribution is 1.96. The van der Waals surface area contributed by atoms with Crippen molar-refractivity contribution in [3.05, 3.63) is 18.2 Å². The zero-order chi connectivity index (χ0) is 6.53. The molecule has 0 saturated heterocycles. The number of imidazole rings is 1. The van der Waals surface area contributed by atoms with Crippen LogP contribution in [0.5, 0.6) is 0 Å². The van der Waals surface area contributed by atoms with Crippen LogP contribution in [0.2, 0.25) is 0 Å².